The first kappa shape index (κ1) is 11.7. The SMILES string of the molecule is O=S(=O)(NCc1ccco1)c1ccc(O)cc1. The number of furan rings is 1. The average molecular weight is 253 g/mol. The van der Waals surface area contributed by atoms with Crippen LogP contribution in [0.15, 0.2) is 52.0 Å². The van der Waals surface area contributed by atoms with Crippen LogP contribution >= 0.6 is 0 Å². The number of rotatable bonds is 4. The standard InChI is InChI=1S/C11H11NO4S/c13-9-3-5-11(6-4-9)17(14,15)12-8-10-2-1-7-16-10/h1-7,12-13H,8H2. The van der Waals surface area contributed by atoms with Gasteiger partial charge in [0, 0.05) is 0 Å². The van der Waals surface area contributed by atoms with E-state index in [0.717, 1.165) is 0 Å². The van der Waals surface area contributed by atoms with E-state index in [2.05, 4.69) is 4.72 Å². The van der Waals surface area contributed by atoms with E-state index < -0.39 is 10.0 Å². The Bertz CT molecular complexity index is 572. The van der Waals surface area contributed by atoms with Gasteiger partial charge in [0.25, 0.3) is 0 Å². The molecule has 1 heterocycles. The molecule has 0 atom stereocenters. The van der Waals surface area contributed by atoms with Crippen LogP contribution in [0.5, 0.6) is 5.75 Å². The highest BCUT2D eigenvalue weighted by atomic mass is 32.2. The van der Waals surface area contributed by atoms with Gasteiger partial charge < -0.3 is 9.52 Å². The van der Waals surface area contributed by atoms with E-state index in [1.54, 1.807) is 12.1 Å². The molecule has 1 aromatic carbocycles. The lowest BCUT2D eigenvalue weighted by molar-refractivity contribution is 0.474. The number of hydrogen-bond acceptors (Lipinski definition) is 4. The average Bonchev–Trinajstić information content (AvgIpc) is 2.80. The molecule has 0 amide bonds. The third-order valence-electron chi connectivity index (χ3n) is 2.16. The first-order valence-corrected chi connectivity index (χ1v) is 6.37. The Balaban J connectivity index is 2.11. The fourth-order valence-electron chi connectivity index (χ4n) is 1.29. The Kier molecular flexibility index (Phi) is 3.16. The maximum atomic E-state index is 11.8. The van der Waals surface area contributed by atoms with Gasteiger partial charge in [-0.2, -0.15) is 0 Å². The Labute approximate surface area is 98.8 Å². The third-order valence-corrected chi connectivity index (χ3v) is 3.58. The fraction of sp³-hybridized carbons (Fsp3) is 0.0909. The van der Waals surface area contributed by atoms with Gasteiger partial charge in [0.2, 0.25) is 10.0 Å². The Hall–Kier alpha value is -1.79. The quantitative estimate of drug-likeness (QED) is 0.864. The van der Waals surface area contributed by atoms with E-state index in [1.807, 2.05) is 0 Å². The number of benzene rings is 1. The van der Waals surface area contributed by atoms with E-state index in [1.165, 1.54) is 30.5 Å². The van der Waals surface area contributed by atoms with E-state index in [0.29, 0.717) is 5.76 Å². The van der Waals surface area contributed by atoms with Gasteiger partial charge in [-0.15, -0.1) is 0 Å². The summed E-state index contributed by atoms with van der Waals surface area (Å²) in [6.07, 6.45) is 1.48. The topological polar surface area (TPSA) is 79.5 Å². The molecule has 0 aliphatic rings. The monoisotopic (exact) mass is 253 g/mol. The molecule has 17 heavy (non-hydrogen) atoms. The van der Waals surface area contributed by atoms with Crippen molar-refractivity contribution in [3.63, 3.8) is 0 Å². The van der Waals surface area contributed by atoms with Gasteiger partial charge in [-0.05, 0) is 36.4 Å². The van der Waals surface area contributed by atoms with E-state index >= 15 is 0 Å². The fourth-order valence-corrected chi connectivity index (χ4v) is 2.28. The minimum absolute atomic E-state index is 0.0231. The first-order valence-electron chi connectivity index (χ1n) is 4.89. The largest absolute Gasteiger partial charge is 0.508 e. The molecule has 2 aromatic rings. The molecule has 2 N–H and O–H groups in total. The Morgan fingerprint density at radius 3 is 2.47 bits per heavy atom. The van der Waals surface area contributed by atoms with Crippen molar-refractivity contribution < 1.29 is 17.9 Å². The van der Waals surface area contributed by atoms with Gasteiger partial charge in [0.15, 0.2) is 0 Å². The zero-order valence-electron chi connectivity index (χ0n) is 8.83. The predicted molar refractivity (Wildman–Crippen MR) is 60.8 cm³/mol. The smallest absolute Gasteiger partial charge is 0.240 e. The molecule has 2 rings (SSSR count). The van der Waals surface area contributed by atoms with Crippen molar-refractivity contribution in [2.24, 2.45) is 0 Å². The van der Waals surface area contributed by atoms with Crippen LogP contribution in [0.25, 0.3) is 0 Å². The maximum absolute atomic E-state index is 11.8. The molecular formula is C11H11NO4S. The lowest BCUT2D eigenvalue weighted by atomic mass is 10.3. The molecule has 0 unspecified atom stereocenters. The second kappa shape index (κ2) is 4.60. The zero-order valence-corrected chi connectivity index (χ0v) is 9.65. The summed E-state index contributed by atoms with van der Waals surface area (Å²) in [6.45, 7) is 0.0935. The van der Waals surface area contributed by atoms with Gasteiger partial charge in [-0.3, -0.25) is 0 Å². The van der Waals surface area contributed by atoms with Crippen LogP contribution in [-0.2, 0) is 16.6 Å². The number of hydrogen-bond donors (Lipinski definition) is 2. The van der Waals surface area contributed by atoms with Crippen LogP contribution in [0.4, 0.5) is 0 Å². The highest BCUT2D eigenvalue weighted by Crippen LogP contribution is 2.14. The van der Waals surface area contributed by atoms with Crippen molar-refractivity contribution in [3.05, 3.63) is 48.4 Å². The summed E-state index contributed by atoms with van der Waals surface area (Å²) >= 11 is 0. The van der Waals surface area contributed by atoms with Gasteiger partial charge in [0.1, 0.15) is 11.5 Å². The number of phenolic OH excluding ortho intramolecular Hbond substituents is 1. The molecule has 0 aliphatic heterocycles. The van der Waals surface area contributed by atoms with Gasteiger partial charge >= 0.3 is 0 Å². The predicted octanol–water partition coefficient (Wildman–Crippen LogP) is 1.46. The third kappa shape index (κ3) is 2.86. The Morgan fingerprint density at radius 1 is 1.18 bits per heavy atom. The maximum Gasteiger partial charge on any atom is 0.240 e. The molecule has 90 valence electrons. The van der Waals surface area contributed by atoms with Crippen molar-refractivity contribution in [2.45, 2.75) is 11.4 Å². The highest BCUT2D eigenvalue weighted by Gasteiger charge is 2.13. The molecule has 0 aliphatic carbocycles. The van der Waals surface area contributed by atoms with Crippen LogP contribution in [0, 0.1) is 0 Å². The molecule has 1 aromatic heterocycles. The number of phenols is 1. The molecule has 0 bridgehead atoms. The normalized spacial score (nSPS) is 11.5. The van der Waals surface area contributed by atoms with E-state index in [9.17, 15) is 8.42 Å². The Morgan fingerprint density at radius 2 is 1.88 bits per heavy atom. The van der Waals surface area contributed by atoms with E-state index in [-0.39, 0.29) is 17.2 Å². The van der Waals surface area contributed by atoms with Crippen LogP contribution < -0.4 is 4.72 Å². The van der Waals surface area contributed by atoms with Crippen molar-refractivity contribution >= 4 is 10.0 Å². The minimum Gasteiger partial charge on any atom is -0.508 e. The molecule has 0 spiro atoms. The first-order chi connectivity index (χ1) is 8.08. The summed E-state index contributed by atoms with van der Waals surface area (Å²) in [5.74, 6) is 0.558. The van der Waals surface area contributed by atoms with Crippen LogP contribution in [0.2, 0.25) is 0 Å². The summed E-state index contributed by atoms with van der Waals surface area (Å²) in [4.78, 5) is 0.0989. The van der Waals surface area contributed by atoms with Gasteiger partial charge in [-0.1, -0.05) is 0 Å². The summed E-state index contributed by atoms with van der Waals surface area (Å²) in [7, 11) is -3.57. The number of aromatic hydroxyl groups is 1. The van der Waals surface area contributed by atoms with Gasteiger partial charge in [-0.25, -0.2) is 13.1 Å². The van der Waals surface area contributed by atoms with Crippen LogP contribution in [-0.4, -0.2) is 13.5 Å². The van der Waals surface area contributed by atoms with Crippen LogP contribution in [0.1, 0.15) is 5.76 Å². The van der Waals surface area contributed by atoms with Crippen LogP contribution in [0.3, 0.4) is 0 Å². The molecule has 0 fully saturated rings. The number of nitrogens with one attached hydrogen (secondary N) is 1. The zero-order chi connectivity index (χ0) is 12.3. The second-order valence-electron chi connectivity index (χ2n) is 3.40. The molecule has 0 saturated heterocycles. The highest BCUT2D eigenvalue weighted by molar-refractivity contribution is 7.89. The molecular weight excluding hydrogens is 242 g/mol. The second-order valence-corrected chi connectivity index (χ2v) is 5.16. The minimum atomic E-state index is -3.57. The van der Waals surface area contributed by atoms with E-state index in [4.69, 9.17) is 9.52 Å². The molecule has 0 saturated carbocycles. The molecule has 0 radical (unpaired) electrons. The van der Waals surface area contributed by atoms with Gasteiger partial charge in [0.05, 0.1) is 17.7 Å². The summed E-state index contributed by atoms with van der Waals surface area (Å²) in [5.41, 5.74) is 0. The van der Waals surface area contributed by atoms with Crippen molar-refractivity contribution in [1.82, 2.24) is 4.72 Å². The summed E-state index contributed by atoms with van der Waals surface area (Å²) in [5, 5.41) is 9.07. The summed E-state index contributed by atoms with van der Waals surface area (Å²) < 4.78 is 31.0. The van der Waals surface area contributed by atoms with Crippen molar-refractivity contribution in [1.29, 1.82) is 0 Å². The lowest BCUT2D eigenvalue weighted by Gasteiger charge is -2.05. The number of sulfonamides is 1. The van der Waals surface area contributed by atoms with Crippen molar-refractivity contribution in [2.75, 3.05) is 0 Å². The molecule has 6 heteroatoms. The summed E-state index contributed by atoms with van der Waals surface area (Å²) in [6, 6.07) is 8.67. The van der Waals surface area contributed by atoms with Crippen molar-refractivity contribution in [3.8, 4) is 5.75 Å². The lowest BCUT2D eigenvalue weighted by Crippen LogP contribution is -2.22. The molecule has 5 nitrogen and oxygen atoms in total.